The van der Waals surface area contributed by atoms with Crippen LogP contribution in [0.2, 0.25) is 0 Å². The number of carbonyl (C=O) groups excluding carboxylic acids is 2. The molecule has 2 aromatic rings. The van der Waals surface area contributed by atoms with Crippen molar-refractivity contribution in [2.45, 2.75) is 25.7 Å². The van der Waals surface area contributed by atoms with Crippen molar-refractivity contribution in [1.29, 1.82) is 0 Å². The average molecular weight is 453 g/mol. The van der Waals surface area contributed by atoms with Crippen molar-refractivity contribution in [1.82, 2.24) is 0 Å². The van der Waals surface area contributed by atoms with Crippen LogP contribution < -0.4 is 0 Å². The van der Waals surface area contributed by atoms with Crippen LogP contribution in [-0.2, 0) is 33.1 Å². The predicted octanol–water partition coefficient (Wildman–Crippen LogP) is 2.10. The van der Waals surface area contributed by atoms with Gasteiger partial charge in [0, 0.05) is 22.3 Å². The lowest BCUT2D eigenvalue weighted by Crippen LogP contribution is -2.21. The number of rotatable bonds is 8. The molecule has 0 fully saturated rings. The van der Waals surface area contributed by atoms with E-state index in [1.54, 1.807) is 24.3 Å². The van der Waals surface area contributed by atoms with Crippen molar-refractivity contribution in [3.8, 4) is 0 Å². The van der Waals surface area contributed by atoms with E-state index in [4.69, 9.17) is 9.11 Å². The lowest BCUT2D eigenvalue weighted by molar-refractivity contribution is 0.0979. The topological polar surface area (TPSA) is 143 Å². The molecule has 0 amide bonds. The van der Waals surface area contributed by atoms with E-state index in [0.29, 0.717) is 24.0 Å². The highest BCUT2D eigenvalue weighted by molar-refractivity contribution is 7.86. The summed E-state index contributed by atoms with van der Waals surface area (Å²) in [7, 11) is -8.12. The van der Waals surface area contributed by atoms with Crippen LogP contribution in [0.15, 0.2) is 36.4 Å². The van der Waals surface area contributed by atoms with Gasteiger partial charge >= 0.3 is 0 Å². The highest BCUT2D eigenvalue weighted by Crippen LogP contribution is 2.29. The van der Waals surface area contributed by atoms with Gasteiger partial charge in [0.15, 0.2) is 11.6 Å². The molecule has 1 aliphatic rings. The number of fused-ring (bicyclic) bond motifs is 2. The molecule has 3 rings (SSSR count). The van der Waals surface area contributed by atoms with Gasteiger partial charge < -0.3 is 0 Å². The summed E-state index contributed by atoms with van der Waals surface area (Å²) in [6.45, 7) is 0. The Morgan fingerprint density at radius 1 is 0.600 bits per heavy atom. The Kier molecular flexibility index (Phi) is 6.23. The summed E-state index contributed by atoms with van der Waals surface area (Å²) in [5.41, 5.74) is 2.36. The zero-order valence-electron chi connectivity index (χ0n) is 15.9. The molecular weight excluding hydrogens is 432 g/mol. The molecule has 2 aromatic carbocycles. The van der Waals surface area contributed by atoms with Gasteiger partial charge in [0.2, 0.25) is 0 Å². The Morgan fingerprint density at radius 2 is 0.967 bits per heavy atom. The number of benzene rings is 2. The molecule has 0 atom stereocenters. The van der Waals surface area contributed by atoms with Crippen molar-refractivity contribution >= 4 is 31.8 Å². The molecule has 30 heavy (non-hydrogen) atoms. The second-order valence-corrected chi connectivity index (χ2v) is 10.3. The van der Waals surface area contributed by atoms with Crippen molar-refractivity contribution < 1.29 is 35.5 Å². The second kappa shape index (κ2) is 8.38. The molecule has 0 bridgehead atoms. The van der Waals surface area contributed by atoms with Crippen molar-refractivity contribution in [2.24, 2.45) is 0 Å². The van der Waals surface area contributed by atoms with E-state index in [1.165, 1.54) is 12.1 Å². The Bertz CT molecular complexity index is 1130. The molecule has 160 valence electrons. The summed E-state index contributed by atoms with van der Waals surface area (Å²) < 4.78 is 61.0. The minimum atomic E-state index is -4.06. The van der Waals surface area contributed by atoms with Crippen LogP contribution in [0.4, 0.5) is 0 Å². The second-order valence-electron chi connectivity index (χ2n) is 7.20. The van der Waals surface area contributed by atoms with Gasteiger partial charge in [-0.25, -0.2) is 0 Å². The minimum absolute atomic E-state index is 0.184. The van der Waals surface area contributed by atoms with E-state index in [9.17, 15) is 26.4 Å². The van der Waals surface area contributed by atoms with E-state index in [2.05, 4.69) is 0 Å². The Labute approximate surface area is 174 Å². The molecule has 0 aliphatic heterocycles. The van der Waals surface area contributed by atoms with Gasteiger partial charge in [-0.3, -0.25) is 18.7 Å². The van der Waals surface area contributed by atoms with E-state index in [0.717, 1.165) is 0 Å². The maximum absolute atomic E-state index is 12.9. The lowest BCUT2D eigenvalue weighted by Gasteiger charge is -2.19. The quantitative estimate of drug-likeness (QED) is 0.495. The average Bonchev–Trinajstić information content (AvgIpc) is 2.64. The molecule has 0 unspecified atom stereocenters. The van der Waals surface area contributed by atoms with Crippen molar-refractivity contribution in [3.63, 3.8) is 0 Å². The van der Waals surface area contributed by atoms with Crippen LogP contribution in [0.25, 0.3) is 0 Å². The minimum Gasteiger partial charge on any atom is -0.289 e. The summed E-state index contributed by atoms with van der Waals surface area (Å²) in [5, 5.41) is 0. The smallest absolute Gasteiger partial charge is 0.264 e. The largest absolute Gasteiger partial charge is 0.289 e. The van der Waals surface area contributed by atoms with Gasteiger partial charge in [-0.2, -0.15) is 16.8 Å². The SMILES string of the molecule is O=C1c2ccc(CCCS(=O)(=O)O)cc2C(=O)c2ccc(CCCS(=O)(=O)O)cc21. The first kappa shape index (κ1) is 22.3. The molecule has 1 aliphatic carbocycles. The number of carbonyl (C=O) groups is 2. The normalized spacial score (nSPS) is 13.8. The summed E-state index contributed by atoms with van der Waals surface area (Å²) in [6.07, 6.45) is 1.02. The summed E-state index contributed by atoms with van der Waals surface area (Å²) in [5.74, 6) is -1.42. The van der Waals surface area contributed by atoms with E-state index in [-0.39, 0.29) is 58.2 Å². The molecule has 2 N–H and O–H groups in total. The third-order valence-corrected chi connectivity index (χ3v) is 6.49. The monoisotopic (exact) mass is 452 g/mol. The molecule has 0 saturated heterocycles. The zero-order valence-corrected chi connectivity index (χ0v) is 17.5. The lowest BCUT2D eigenvalue weighted by atomic mass is 9.82. The molecule has 8 nitrogen and oxygen atoms in total. The van der Waals surface area contributed by atoms with Gasteiger partial charge in [-0.05, 0) is 48.9 Å². The van der Waals surface area contributed by atoms with Crippen LogP contribution in [-0.4, -0.2) is 49.0 Å². The Hall–Kier alpha value is -2.40. The predicted molar refractivity (Wildman–Crippen MR) is 109 cm³/mol. The third-order valence-electron chi connectivity index (χ3n) is 4.88. The number of ketones is 2. The number of hydrogen-bond donors (Lipinski definition) is 2. The molecule has 0 spiro atoms. The first-order valence-corrected chi connectivity index (χ1v) is 12.4. The molecule has 10 heteroatoms. The Balaban J connectivity index is 1.81. The summed E-state index contributed by atoms with van der Waals surface area (Å²) in [4.78, 5) is 25.8. The maximum Gasteiger partial charge on any atom is 0.264 e. The van der Waals surface area contributed by atoms with Crippen LogP contribution in [0.3, 0.4) is 0 Å². The molecule has 0 saturated carbocycles. The molecule has 0 radical (unpaired) electrons. The van der Waals surface area contributed by atoms with Gasteiger partial charge in [0.25, 0.3) is 20.2 Å². The van der Waals surface area contributed by atoms with Crippen LogP contribution >= 0.6 is 0 Å². The highest BCUT2D eigenvalue weighted by Gasteiger charge is 2.30. The first-order valence-electron chi connectivity index (χ1n) is 9.20. The fourth-order valence-corrected chi connectivity index (χ4v) is 4.49. The van der Waals surface area contributed by atoms with Gasteiger partial charge in [0.1, 0.15) is 0 Å². The fourth-order valence-electron chi connectivity index (χ4n) is 3.47. The molecule has 0 heterocycles. The zero-order chi connectivity index (χ0) is 22.1. The molecular formula is C20H20O8S2. The van der Waals surface area contributed by atoms with E-state index < -0.39 is 20.2 Å². The van der Waals surface area contributed by atoms with E-state index >= 15 is 0 Å². The third kappa shape index (κ3) is 5.39. The number of aryl methyl sites for hydroxylation is 2. The van der Waals surface area contributed by atoms with E-state index in [1.807, 2.05) is 0 Å². The first-order chi connectivity index (χ1) is 13.9. The van der Waals surface area contributed by atoms with Crippen LogP contribution in [0.5, 0.6) is 0 Å². The molecule has 0 aromatic heterocycles. The van der Waals surface area contributed by atoms with Gasteiger partial charge in [0.05, 0.1) is 11.5 Å². The van der Waals surface area contributed by atoms with Crippen molar-refractivity contribution in [3.05, 3.63) is 69.8 Å². The number of hydrogen-bond acceptors (Lipinski definition) is 6. The maximum atomic E-state index is 12.9. The van der Waals surface area contributed by atoms with Crippen LogP contribution in [0, 0.1) is 0 Å². The van der Waals surface area contributed by atoms with Gasteiger partial charge in [-0.1, -0.05) is 24.3 Å². The van der Waals surface area contributed by atoms with Crippen LogP contribution in [0.1, 0.15) is 55.8 Å². The fraction of sp³-hybridized carbons (Fsp3) is 0.300. The summed E-state index contributed by atoms with van der Waals surface area (Å²) >= 11 is 0. The standard InChI is InChI=1S/C20H20O8S2/c21-19-16-8-6-14(4-2-10-30(26,27)28)12-18(16)20(22)15-7-5-13(11-17(15)19)3-1-9-29(23,24)25/h5-8,11-12H,1-4,9-10H2,(H,23,24,25)(H,26,27,28). The summed E-state index contributed by atoms with van der Waals surface area (Å²) in [6, 6.07) is 9.51. The Morgan fingerprint density at radius 3 is 1.30 bits per heavy atom. The van der Waals surface area contributed by atoms with Crippen molar-refractivity contribution in [2.75, 3.05) is 11.5 Å². The van der Waals surface area contributed by atoms with Gasteiger partial charge in [-0.15, -0.1) is 0 Å². The highest BCUT2D eigenvalue weighted by atomic mass is 32.2.